The summed E-state index contributed by atoms with van der Waals surface area (Å²) >= 11 is 3.43. The number of carbonyl (C=O) groups is 1. The molecular formula is C16H17BrN2O2. The molecule has 0 radical (unpaired) electrons. The lowest BCUT2D eigenvalue weighted by Crippen LogP contribution is -2.57. The zero-order valence-electron chi connectivity index (χ0n) is 11.6. The number of fused-ring (bicyclic) bond motifs is 4. The number of hydrogen-bond acceptors (Lipinski definition) is 3. The van der Waals surface area contributed by atoms with Crippen molar-refractivity contribution in [2.75, 3.05) is 19.6 Å². The molecule has 1 aromatic carbocycles. The number of hydrogen-bond donors (Lipinski definition) is 1. The Bertz CT molecular complexity index is 689. The number of furan rings is 1. The Labute approximate surface area is 131 Å². The molecule has 0 saturated carbocycles. The third-order valence-electron chi connectivity index (χ3n) is 4.76. The van der Waals surface area contributed by atoms with Gasteiger partial charge in [-0.3, -0.25) is 4.79 Å². The zero-order chi connectivity index (χ0) is 14.4. The Kier molecular flexibility index (Phi) is 3.27. The molecule has 2 bridgehead atoms. The topological polar surface area (TPSA) is 45.5 Å². The van der Waals surface area contributed by atoms with E-state index in [9.17, 15) is 4.79 Å². The summed E-state index contributed by atoms with van der Waals surface area (Å²) in [5.41, 5.74) is 1.41. The second-order valence-electron chi connectivity index (χ2n) is 6.01. The Hall–Kier alpha value is -1.33. The fourth-order valence-electron chi connectivity index (χ4n) is 3.52. The van der Waals surface area contributed by atoms with E-state index in [2.05, 4.69) is 26.1 Å². The molecule has 21 heavy (non-hydrogen) atoms. The van der Waals surface area contributed by atoms with E-state index >= 15 is 0 Å². The molecule has 1 unspecified atom stereocenters. The van der Waals surface area contributed by atoms with Crippen molar-refractivity contribution in [1.29, 1.82) is 0 Å². The molecular weight excluding hydrogens is 332 g/mol. The third-order valence-corrected chi connectivity index (χ3v) is 5.38. The molecule has 1 amide bonds. The van der Waals surface area contributed by atoms with Crippen molar-refractivity contribution >= 4 is 32.8 Å². The molecule has 5 heteroatoms. The highest BCUT2D eigenvalue weighted by atomic mass is 79.9. The lowest BCUT2D eigenvalue weighted by molar-refractivity contribution is 0.0620. The second-order valence-corrected chi connectivity index (χ2v) is 6.87. The van der Waals surface area contributed by atoms with E-state index in [-0.39, 0.29) is 5.91 Å². The van der Waals surface area contributed by atoms with Gasteiger partial charge < -0.3 is 14.6 Å². The van der Waals surface area contributed by atoms with E-state index in [1.54, 1.807) is 6.26 Å². The largest absolute Gasteiger partial charge is 0.463 e. The number of carbonyl (C=O) groups excluding carboxylic acids is 1. The van der Waals surface area contributed by atoms with Crippen LogP contribution >= 0.6 is 15.9 Å². The van der Waals surface area contributed by atoms with Crippen LogP contribution in [0.15, 0.2) is 33.4 Å². The number of amides is 1. The molecule has 1 atom stereocenters. The molecule has 0 spiro atoms. The van der Waals surface area contributed by atoms with Crippen molar-refractivity contribution in [2.45, 2.75) is 18.9 Å². The predicted molar refractivity (Wildman–Crippen MR) is 84.3 cm³/mol. The maximum Gasteiger partial charge on any atom is 0.251 e. The van der Waals surface area contributed by atoms with Crippen LogP contribution in [0.25, 0.3) is 11.0 Å². The lowest BCUT2D eigenvalue weighted by atomic mass is 9.84. The first kappa shape index (κ1) is 13.3. The molecule has 4 heterocycles. The van der Waals surface area contributed by atoms with Gasteiger partial charge in [-0.25, -0.2) is 0 Å². The first-order valence-electron chi connectivity index (χ1n) is 7.41. The molecule has 4 nitrogen and oxygen atoms in total. The minimum Gasteiger partial charge on any atom is -0.463 e. The SMILES string of the molecule is O=C(NC1CN2CCC1CC2)c1ccc2c(Br)coc2c1. The monoisotopic (exact) mass is 348 g/mol. The highest BCUT2D eigenvalue weighted by Crippen LogP contribution is 2.29. The van der Waals surface area contributed by atoms with Crippen molar-refractivity contribution in [2.24, 2.45) is 5.92 Å². The molecule has 3 aliphatic heterocycles. The zero-order valence-corrected chi connectivity index (χ0v) is 13.2. The number of nitrogens with zero attached hydrogens (tertiary/aromatic N) is 1. The standard InChI is InChI=1S/C16H17BrN2O2/c17-13-9-21-15-7-11(1-2-12(13)15)16(20)18-14-8-19-5-3-10(14)4-6-19/h1-2,7,9-10,14H,3-6,8H2,(H,18,20). The van der Waals surface area contributed by atoms with E-state index in [0.717, 1.165) is 22.0 Å². The van der Waals surface area contributed by atoms with Gasteiger partial charge in [0.25, 0.3) is 5.91 Å². The molecule has 0 aliphatic carbocycles. The minimum absolute atomic E-state index is 0.00294. The van der Waals surface area contributed by atoms with Gasteiger partial charge >= 0.3 is 0 Å². The quantitative estimate of drug-likeness (QED) is 0.907. The van der Waals surface area contributed by atoms with Crippen LogP contribution < -0.4 is 5.32 Å². The number of nitrogens with one attached hydrogen (secondary N) is 1. The number of benzene rings is 1. The van der Waals surface area contributed by atoms with Crippen molar-refractivity contribution in [3.63, 3.8) is 0 Å². The Morgan fingerprint density at radius 1 is 1.33 bits per heavy atom. The molecule has 3 saturated heterocycles. The van der Waals surface area contributed by atoms with Gasteiger partial charge in [-0.2, -0.15) is 0 Å². The van der Waals surface area contributed by atoms with Crippen molar-refractivity contribution in [3.8, 4) is 0 Å². The maximum atomic E-state index is 12.5. The van der Waals surface area contributed by atoms with Crippen LogP contribution in [0.3, 0.4) is 0 Å². The summed E-state index contributed by atoms with van der Waals surface area (Å²) in [5, 5.41) is 4.20. The van der Waals surface area contributed by atoms with Crippen LogP contribution in [0, 0.1) is 5.92 Å². The molecule has 1 aromatic heterocycles. The van der Waals surface area contributed by atoms with Gasteiger partial charge in [-0.15, -0.1) is 0 Å². The normalized spacial score (nSPS) is 28.0. The molecule has 2 aromatic rings. The summed E-state index contributed by atoms with van der Waals surface area (Å²) in [5.74, 6) is 0.642. The number of piperidine rings is 3. The van der Waals surface area contributed by atoms with Crippen molar-refractivity contribution in [1.82, 2.24) is 10.2 Å². The van der Waals surface area contributed by atoms with E-state index in [4.69, 9.17) is 4.42 Å². The summed E-state index contributed by atoms with van der Waals surface area (Å²) in [7, 11) is 0. The summed E-state index contributed by atoms with van der Waals surface area (Å²) in [4.78, 5) is 14.9. The van der Waals surface area contributed by atoms with Crippen LogP contribution in [0.1, 0.15) is 23.2 Å². The average Bonchev–Trinajstić information content (AvgIpc) is 2.89. The minimum atomic E-state index is 0.00294. The smallest absolute Gasteiger partial charge is 0.251 e. The predicted octanol–water partition coefficient (Wildman–Crippen LogP) is 3.02. The molecule has 5 rings (SSSR count). The molecule has 1 N–H and O–H groups in total. The summed E-state index contributed by atoms with van der Waals surface area (Å²) in [6.07, 6.45) is 4.06. The van der Waals surface area contributed by atoms with Crippen LogP contribution in [-0.4, -0.2) is 36.5 Å². The van der Waals surface area contributed by atoms with Crippen LogP contribution in [0.2, 0.25) is 0 Å². The van der Waals surface area contributed by atoms with Gasteiger partial charge in [-0.1, -0.05) is 0 Å². The summed E-state index contributed by atoms with van der Waals surface area (Å²) < 4.78 is 6.36. The van der Waals surface area contributed by atoms with Gasteiger partial charge in [0.15, 0.2) is 0 Å². The van der Waals surface area contributed by atoms with Gasteiger partial charge in [-0.05, 0) is 66.0 Å². The van der Waals surface area contributed by atoms with Crippen LogP contribution in [0.5, 0.6) is 0 Å². The number of halogens is 1. The third kappa shape index (κ3) is 2.38. The highest BCUT2D eigenvalue weighted by molar-refractivity contribution is 9.10. The van der Waals surface area contributed by atoms with Gasteiger partial charge in [0.05, 0.1) is 4.47 Å². The first-order valence-corrected chi connectivity index (χ1v) is 8.20. The van der Waals surface area contributed by atoms with Gasteiger partial charge in [0.2, 0.25) is 0 Å². The fourth-order valence-corrected chi connectivity index (χ4v) is 3.94. The van der Waals surface area contributed by atoms with E-state index in [1.165, 1.54) is 25.9 Å². The second kappa shape index (κ2) is 5.14. The molecule has 3 aliphatic rings. The lowest BCUT2D eigenvalue weighted by Gasteiger charge is -2.44. The van der Waals surface area contributed by atoms with Gasteiger partial charge in [0, 0.05) is 23.5 Å². The Balaban J connectivity index is 1.53. The molecule has 3 fully saturated rings. The first-order chi connectivity index (χ1) is 10.2. The summed E-state index contributed by atoms with van der Waals surface area (Å²) in [6.45, 7) is 3.36. The molecule has 110 valence electrons. The van der Waals surface area contributed by atoms with E-state index < -0.39 is 0 Å². The fraction of sp³-hybridized carbons (Fsp3) is 0.438. The Morgan fingerprint density at radius 2 is 2.14 bits per heavy atom. The van der Waals surface area contributed by atoms with Crippen LogP contribution in [-0.2, 0) is 0 Å². The van der Waals surface area contributed by atoms with E-state index in [0.29, 0.717) is 17.5 Å². The van der Waals surface area contributed by atoms with Crippen molar-refractivity contribution < 1.29 is 9.21 Å². The van der Waals surface area contributed by atoms with Crippen molar-refractivity contribution in [3.05, 3.63) is 34.5 Å². The van der Waals surface area contributed by atoms with Crippen LogP contribution in [0.4, 0.5) is 0 Å². The Morgan fingerprint density at radius 3 is 2.86 bits per heavy atom. The highest BCUT2D eigenvalue weighted by Gasteiger charge is 2.34. The average molecular weight is 349 g/mol. The number of rotatable bonds is 2. The van der Waals surface area contributed by atoms with E-state index in [1.807, 2.05) is 18.2 Å². The summed E-state index contributed by atoms with van der Waals surface area (Å²) in [6, 6.07) is 5.89. The van der Waals surface area contributed by atoms with Gasteiger partial charge in [0.1, 0.15) is 11.8 Å². The maximum absolute atomic E-state index is 12.5.